The highest BCUT2D eigenvalue weighted by Gasteiger charge is 2.30. The standard InChI is InChI=1S/C25H28N4O2/c30-25(20-7-4-10-26-14-20)19-8-9-23-21(13-19)16-29(11-12-31-23)17-22-15-27-28-24(22)18-5-2-1-3-6-18/h1-10,13-14,22,24-25,27-28,30H,11-12,15-17H2. The molecule has 0 spiro atoms. The van der Waals surface area contributed by atoms with E-state index < -0.39 is 6.10 Å². The number of aliphatic hydroxyl groups excluding tert-OH is 1. The maximum absolute atomic E-state index is 10.8. The van der Waals surface area contributed by atoms with Crippen LogP contribution in [0.3, 0.4) is 0 Å². The third kappa shape index (κ3) is 4.48. The fraction of sp³-hybridized carbons (Fsp3) is 0.320. The second-order valence-electron chi connectivity index (χ2n) is 8.31. The Morgan fingerprint density at radius 2 is 2.00 bits per heavy atom. The van der Waals surface area contributed by atoms with Gasteiger partial charge >= 0.3 is 0 Å². The van der Waals surface area contributed by atoms with Crippen molar-refractivity contribution in [3.8, 4) is 5.75 Å². The molecule has 0 amide bonds. The van der Waals surface area contributed by atoms with E-state index in [0.717, 1.165) is 48.6 Å². The summed E-state index contributed by atoms with van der Waals surface area (Å²) in [6, 6.07) is 20.7. The molecule has 1 fully saturated rings. The summed E-state index contributed by atoms with van der Waals surface area (Å²) in [5.74, 6) is 1.38. The maximum atomic E-state index is 10.8. The minimum Gasteiger partial charge on any atom is -0.492 e. The van der Waals surface area contributed by atoms with Crippen LogP contribution in [0.25, 0.3) is 0 Å². The normalized spacial score (nSPS) is 22.4. The number of nitrogens with one attached hydrogen (secondary N) is 2. The van der Waals surface area contributed by atoms with Crippen LogP contribution in [0.4, 0.5) is 0 Å². The second-order valence-corrected chi connectivity index (χ2v) is 8.31. The highest BCUT2D eigenvalue weighted by Crippen LogP contribution is 2.31. The molecule has 6 heteroatoms. The molecule has 1 saturated heterocycles. The van der Waals surface area contributed by atoms with Gasteiger partial charge in [-0.15, -0.1) is 0 Å². The number of aromatic nitrogens is 1. The lowest BCUT2D eigenvalue weighted by Gasteiger charge is -2.26. The van der Waals surface area contributed by atoms with Gasteiger partial charge in [0.25, 0.3) is 0 Å². The van der Waals surface area contributed by atoms with E-state index in [4.69, 9.17) is 4.74 Å². The Bertz CT molecular complexity index is 999. The highest BCUT2D eigenvalue weighted by atomic mass is 16.5. The summed E-state index contributed by atoms with van der Waals surface area (Å²) in [5.41, 5.74) is 10.9. The van der Waals surface area contributed by atoms with Gasteiger partial charge in [0.15, 0.2) is 0 Å². The van der Waals surface area contributed by atoms with E-state index in [1.807, 2.05) is 24.3 Å². The average Bonchev–Trinajstić information content (AvgIpc) is 3.18. The fourth-order valence-electron chi connectivity index (χ4n) is 4.58. The van der Waals surface area contributed by atoms with Crippen molar-refractivity contribution in [1.82, 2.24) is 20.7 Å². The molecule has 3 N–H and O–H groups in total. The summed E-state index contributed by atoms with van der Waals surface area (Å²) >= 11 is 0. The number of hydrazine groups is 1. The van der Waals surface area contributed by atoms with Crippen LogP contribution in [-0.4, -0.2) is 41.2 Å². The zero-order valence-corrected chi connectivity index (χ0v) is 17.4. The monoisotopic (exact) mass is 416 g/mol. The Balaban J connectivity index is 1.32. The van der Waals surface area contributed by atoms with Gasteiger partial charge in [-0.3, -0.25) is 15.3 Å². The Hall–Kier alpha value is -2.77. The van der Waals surface area contributed by atoms with Crippen molar-refractivity contribution in [2.75, 3.05) is 26.2 Å². The first-order valence-corrected chi connectivity index (χ1v) is 10.9. The first-order valence-electron chi connectivity index (χ1n) is 10.9. The quantitative estimate of drug-likeness (QED) is 0.594. The van der Waals surface area contributed by atoms with Crippen LogP contribution in [-0.2, 0) is 6.54 Å². The highest BCUT2D eigenvalue weighted by molar-refractivity contribution is 5.41. The second kappa shape index (κ2) is 9.16. The van der Waals surface area contributed by atoms with Crippen molar-refractivity contribution in [3.05, 3.63) is 95.3 Å². The molecule has 0 bridgehead atoms. The molecule has 0 radical (unpaired) electrons. The van der Waals surface area contributed by atoms with Gasteiger partial charge in [-0.25, -0.2) is 5.43 Å². The molecule has 0 saturated carbocycles. The summed E-state index contributed by atoms with van der Waals surface area (Å²) in [7, 11) is 0. The van der Waals surface area contributed by atoms with Crippen LogP contribution in [0.15, 0.2) is 73.1 Å². The van der Waals surface area contributed by atoms with Gasteiger partial charge in [-0.1, -0.05) is 42.5 Å². The van der Waals surface area contributed by atoms with Crippen LogP contribution in [0, 0.1) is 5.92 Å². The first kappa shape index (κ1) is 20.2. The smallest absolute Gasteiger partial charge is 0.123 e. The number of pyridine rings is 1. The summed E-state index contributed by atoms with van der Waals surface area (Å²) in [4.78, 5) is 6.59. The van der Waals surface area contributed by atoms with E-state index in [-0.39, 0.29) is 0 Å². The number of fused-ring (bicyclic) bond motifs is 1. The van der Waals surface area contributed by atoms with E-state index in [1.54, 1.807) is 12.4 Å². The van der Waals surface area contributed by atoms with E-state index in [9.17, 15) is 5.11 Å². The largest absolute Gasteiger partial charge is 0.492 e. The zero-order chi connectivity index (χ0) is 21.0. The lowest BCUT2D eigenvalue weighted by Crippen LogP contribution is -2.34. The van der Waals surface area contributed by atoms with E-state index >= 15 is 0 Å². The SMILES string of the molecule is OC(c1cccnc1)c1ccc2c(c1)CN(CC1CNNC1c1ccccc1)CCO2. The lowest BCUT2D eigenvalue weighted by molar-refractivity contribution is 0.195. The van der Waals surface area contributed by atoms with Crippen LogP contribution >= 0.6 is 0 Å². The number of rotatable bonds is 5. The van der Waals surface area contributed by atoms with Crippen molar-refractivity contribution >= 4 is 0 Å². The Morgan fingerprint density at radius 3 is 2.84 bits per heavy atom. The molecule has 6 nitrogen and oxygen atoms in total. The van der Waals surface area contributed by atoms with Gasteiger partial charge in [-0.2, -0.15) is 0 Å². The van der Waals surface area contributed by atoms with E-state index in [0.29, 0.717) is 18.6 Å². The van der Waals surface area contributed by atoms with Gasteiger partial charge in [0, 0.05) is 55.6 Å². The molecule has 1 aromatic heterocycles. The topological polar surface area (TPSA) is 69.7 Å². The van der Waals surface area contributed by atoms with Crippen molar-refractivity contribution < 1.29 is 9.84 Å². The Kier molecular flexibility index (Phi) is 5.95. The number of ether oxygens (including phenoxy) is 1. The van der Waals surface area contributed by atoms with Gasteiger partial charge < -0.3 is 9.84 Å². The predicted molar refractivity (Wildman–Crippen MR) is 119 cm³/mol. The first-order chi connectivity index (χ1) is 15.3. The summed E-state index contributed by atoms with van der Waals surface area (Å²) in [6.45, 7) is 4.26. The molecule has 3 atom stereocenters. The Morgan fingerprint density at radius 1 is 1.10 bits per heavy atom. The summed E-state index contributed by atoms with van der Waals surface area (Å²) < 4.78 is 6.03. The van der Waals surface area contributed by atoms with Crippen LogP contribution < -0.4 is 15.6 Å². The molecular formula is C25H28N4O2. The maximum Gasteiger partial charge on any atom is 0.123 e. The van der Waals surface area contributed by atoms with Gasteiger partial charge in [0.05, 0.1) is 6.04 Å². The third-order valence-corrected chi connectivity index (χ3v) is 6.20. The molecule has 0 aliphatic carbocycles. The molecule has 2 aliphatic rings. The molecule has 3 aromatic rings. The van der Waals surface area contributed by atoms with E-state index in [2.05, 4.69) is 57.1 Å². The fourth-order valence-corrected chi connectivity index (χ4v) is 4.58. The average molecular weight is 417 g/mol. The van der Waals surface area contributed by atoms with Gasteiger partial charge in [-0.05, 0) is 29.3 Å². The Labute approximate surface area is 182 Å². The molecular weight excluding hydrogens is 388 g/mol. The van der Waals surface area contributed by atoms with Crippen molar-refractivity contribution in [1.29, 1.82) is 0 Å². The minimum absolute atomic E-state index is 0.295. The number of nitrogens with zero attached hydrogens (tertiary/aromatic N) is 2. The number of hydrogen-bond acceptors (Lipinski definition) is 6. The predicted octanol–water partition coefficient (Wildman–Crippen LogP) is 2.82. The number of aliphatic hydroxyl groups is 1. The molecule has 3 heterocycles. The van der Waals surface area contributed by atoms with Crippen LogP contribution in [0.5, 0.6) is 5.75 Å². The molecule has 2 aromatic carbocycles. The zero-order valence-electron chi connectivity index (χ0n) is 17.4. The van der Waals surface area contributed by atoms with Crippen molar-refractivity contribution in [2.24, 2.45) is 5.92 Å². The lowest BCUT2D eigenvalue weighted by atomic mass is 9.94. The summed E-state index contributed by atoms with van der Waals surface area (Å²) in [5, 5.41) is 10.8. The molecule has 160 valence electrons. The molecule has 5 rings (SSSR count). The van der Waals surface area contributed by atoms with E-state index in [1.165, 1.54) is 5.56 Å². The molecule has 2 aliphatic heterocycles. The number of hydrogen-bond donors (Lipinski definition) is 3. The van der Waals surface area contributed by atoms with Gasteiger partial charge in [0.2, 0.25) is 0 Å². The van der Waals surface area contributed by atoms with Crippen molar-refractivity contribution in [3.63, 3.8) is 0 Å². The summed E-state index contributed by atoms with van der Waals surface area (Å²) in [6.07, 6.45) is 2.73. The van der Waals surface area contributed by atoms with Crippen molar-refractivity contribution in [2.45, 2.75) is 18.7 Å². The minimum atomic E-state index is -0.693. The number of benzene rings is 2. The molecule has 31 heavy (non-hydrogen) atoms. The third-order valence-electron chi connectivity index (χ3n) is 6.20. The van der Waals surface area contributed by atoms with Crippen LogP contribution in [0.2, 0.25) is 0 Å². The molecule has 3 unspecified atom stereocenters. The van der Waals surface area contributed by atoms with Crippen LogP contribution in [0.1, 0.15) is 34.4 Å². The van der Waals surface area contributed by atoms with Gasteiger partial charge in [0.1, 0.15) is 18.5 Å².